The van der Waals surface area contributed by atoms with E-state index in [-0.39, 0.29) is 12.7 Å². The molecule has 0 atom stereocenters. The first-order chi connectivity index (χ1) is 17.0. The van der Waals surface area contributed by atoms with Gasteiger partial charge >= 0.3 is 0 Å². The minimum Gasteiger partial charge on any atom is -0.493 e. The number of hydrogen-bond donors (Lipinski definition) is 0. The molecular weight excluding hydrogens is 510 g/mol. The van der Waals surface area contributed by atoms with Gasteiger partial charge in [-0.3, -0.25) is 4.79 Å². The first-order valence-electron chi connectivity index (χ1n) is 11.1. The lowest BCUT2D eigenvalue weighted by Gasteiger charge is -2.23. The molecule has 0 fully saturated rings. The van der Waals surface area contributed by atoms with E-state index in [1.165, 1.54) is 0 Å². The molecule has 7 heteroatoms. The summed E-state index contributed by atoms with van der Waals surface area (Å²) in [5, 5.41) is 1.87. The van der Waals surface area contributed by atoms with Gasteiger partial charge in [0.05, 0.1) is 19.9 Å². The van der Waals surface area contributed by atoms with Crippen molar-refractivity contribution < 1.29 is 23.7 Å². The Kier molecular flexibility index (Phi) is 6.26. The molecule has 6 nitrogen and oxygen atoms in total. The number of carbonyl (C=O) groups excluding carboxylic acids is 1. The summed E-state index contributed by atoms with van der Waals surface area (Å²) in [7, 11) is 5.02. The van der Waals surface area contributed by atoms with Gasteiger partial charge in [0, 0.05) is 28.9 Å². The lowest BCUT2D eigenvalue weighted by Crippen LogP contribution is -2.27. The van der Waals surface area contributed by atoms with E-state index in [4.69, 9.17) is 18.9 Å². The highest BCUT2D eigenvalue weighted by Crippen LogP contribution is 2.44. The van der Waals surface area contributed by atoms with Crippen molar-refractivity contribution in [2.24, 2.45) is 0 Å². The maximum absolute atomic E-state index is 13.7. The van der Waals surface area contributed by atoms with Gasteiger partial charge in [-0.2, -0.15) is 0 Å². The highest BCUT2D eigenvalue weighted by molar-refractivity contribution is 9.10. The number of nitrogens with zero attached hydrogens (tertiary/aromatic N) is 1. The first-order valence-corrected chi connectivity index (χ1v) is 11.9. The second-order valence-corrected chi connectivity index (χ2v) is 9.00. The molecule has 4 aromatic carbocycles. The van der Waals surface area contributed by atoms with E-state index in [9.17, 15) is 4.79 Å². The van der Waals surface area contributed by atoms with Crippen LogP contribution in [0.3, 0.4) is 0 Å². The quantitative estimate of drug-likeness (QED) is 0.294. The van der Waals surface area contributed by atoms with Crippen LogP contribution in [0.15, 0.2) is 71.2 Å². The van der Waals surface area contributed by atoms with Gasteiger partial charge in [-0.1, -0.05) is 42.5 Å². The molecule has 0 unspecified atom stereocenters. The SMILES string of the molecule is COc1cc2c(N(C)C(=O)c3c(Br)ccc4c3OCO4)cccc2c(Cc2ccccc2)c1OC. The van der Waals surface area contributed by atoms with Gasteiger partial charge in [-0.15, -0.1) is 0 Å². The zero-order chi connectivity index (χ0) is 24.5. The number of carbonyl (C=O) groups is 1. The van der Waals surface area contributed by atoms with Crippen LogP contribution in [0.2, 0.25) is 0 Å². The van der Waals surface area contributed by atoms with Crippen LogP contribution in [-0.4, -0.2) is 34.0 Å². The predicted molar refractivity (Wildman–Crippen MR) is 139 cm³/mol. The van der Waals surface area contributed by atoms with Crippen molar-refractivity contribution in [3.8, 4) is 23.0 Å². The fourth-order valence-electron chi connectivity index (χ4n) is 4.50. The Balaban J connectivity index is 1.66. The van der Waals surface area contributed by atoms with Gasteiger partial charge in [0.15, 0.2) is 23.0 Å². The average Bonchev–Trinajstić information content (AvgIpc) is 3.36. The van der Waals surface area contributed by atoms with E-state index >= 15 is 0 Å². The van der Waals surface area contributed by atoms with Crippen molar-refractivity contribution >= 4 is 38.3 Å². The Morgan fingerprint density at radius 3 is 2.51 bits per heavy atom. The van der Waals surface area contributed by atoms with E-state index in [0.717, 1.165) is 27.6 Å². The normalized spacial score (nSPS) is 12.0. The van der Waals surface area contributed by atoms with E-state index in [0.29, 0.717) is 39.5 Å². The van der Waals surface area contributed by atoms with Crippen molar-refractivity contribution in [3.63, 3.8) is 0 Å². The van der Waals surface area contributed by atoms with Gasteiger partial charge in [-0.25, -0.2) is 0 Å². The summed E-state index contributed by atoms with van der Waals surface area (Å²) in [6.45, 7) is 0.0872. The van der Waals surface area contributed by atoms with Gasteiger partial charge < -0.3 is 23.8 Å². The third-order valence-corrected chi connectivity index (χ3v) is 6.86. The molecule has 35 heavy (non-hydrogen) atoms. The van der Waals surface area contributed by atoms with E-state index in [2.05, 4.69) is 28.1 Å². The number of amides is 1. The molecule has 1 heterocycles. The van der Waals surface area contributed by atoms with Crippen LogP contribution >= 0.6 is 15.9 Å². The van der Waals surface area contributed by atoms with Gasteiger partial charge in [0.1, 0.15) is 5.56 Å². The van der Waals surface area contributed by atoms with Crippen LogP contribution in [-0.2, 0) is 6.42 Å². The highest BCUT2D eigenvalue weighted by Gasteiger charge is 2.28. The summed E-state index contributed by atoms with van der Waals surface area (Å²) in [4.78, 5) is 15.4. The summed E-state index contributed by atoms with van der Waals surface area (Å²) >= 11 is 3.51. The lowest BCUT2D eigenvalue weighted by atomic mass is 9.95. The molecular formula is C28H24BrNO5. The van der Waals surface area contributed by atoms with Gasteiger partial charge in [0.25, 0.3) is 5.91 Å². The number of anilines is 1. The van der Waals surface area contributed by atoms with Crippen molar-refractivity contribution in [3.05, 3.63) is 87.9 Å². The Hall–Kier alpha value is -3.71. The summed E-state index contributed by atoms with van der Waals surface area (Å²) < 4.78 is 23.2. The topological polar surface area (TPSA) is 57.2 Å². The maximum atomic E-state index is 13.7. The summed E-state index contributed by atoms with van der Waals surface area (Å²) in [5.74, 6) is 2.08. The molecule has 0 radical (unpaired) electrons. The predicted octanol–water partition coefficient (Wildman–Crippen LogP) is 6.22. The fourth-order valence-corrected chi connectivity index (χ4v) is 4.99. The minimum absolute atomic E-state index is 0.0872. The molecule has 0 bridgehead atoms. The van der Waals surface area contributed by atoms with Crippen LogP contribution in [0.4, 0.5) is 5.69 Å². The zero-order valence-corrected chi connectivity index (χ0v) is 21.2. The number of halogens is 1. The standard InChI is InChI=1S/C28H24BrNO5/c1-30(28(31)25-21(29)12-13-23-27(25)35-16-34-23)22-11-7-10-18-19(22)15-24(32-2)26(33-3)20(18)14-17-8-5-4-6-9-17/h4-13,15H,14,16H2,1-3H3. The number of benzene rings is 4. The molecule has 1 amide bonds. The Bertz CT molecular complexity index is 1420. The van der Waals surface area contributed by atoms with Crippen LogP contribution in [0.25, 0.3) is 10.8 Å². The molecule has 0 saturated heterocycles. The molecule has 0 N–H and O–H groups in total. The monoisotopic (exact) mass is 533 g/mol. The van der Waals surface area contributed by atoms with Gasteiger partial charge in [0.2, 0.25) is 6.79 Å². The molecule has 5 rings (SSSR count). The summed E-state index contributed by atoms with van der Waals surface area (Å²) in [6, 6.07) is 21.6. The molecule has 1 aliphatic heterocycles. The fraction of sp³-hybridized carbons (Fsp3) is 0.179. The van der Waals surface area contributed by atoms with Crippen LogP contribution in [0.1, 0.15) is 21.5 Å². The largest absolute Gasteiger partial charge is 0.493 e. The molecule has 178 valence electrons. The number of methoxy groups -OCH3 is 2. The second-order valence-electron chi connectivity index (χ2n) is 8.15. The number of ether oxygens (including phenoxy) is 4. The van der Waals surface area contributed by atoms with E-state index in [1.807, 2.05) is 42.5 Å². The smallest absolute Gasteiger partial charge is 0.263 e. The number of rotatable bonds is 6. The minimum atomic E-state index is -0.217. The van der Waals surface area contributed by atoms with Crippen LogP contribution < -0.4 is 23.8 Å². The molecule has 0 saturated carbocycles. The second kappa shape index (κ2) is 9.50. The van der Waals surface area contributed by atoms with Crippen molar-refractivity contribution in [2.45, 2.75) is 6.42 Å². The summed E-state index contributed by atoms with van der Waals surface area (Å²) in [5.41, 5.74) is 3.31. The maximum Gasteiger partial charge on any atom is 0.263 e. The van der Waals surface area contributed by atoms with Gasteiger partial charge in [-0.05, 0) is 51.1 Å². The van der Waals surface area contributed by atoms with E-state index in [1.54, 1.807) is 38.3 Å². The summed E-state index contributed by atoms with van der Waals surface area (Å²) in [6.07, 6.45) is 0.655. The molecule has 1 aliphatic rings. The van der Waals surface area contributed by atoms with Crippen molar-refractivity contribution in [2.75, 3.05) is 33.0 Å². The van der Waals surface area contributed by atoms with E-state index < -0.39 is 0 Å². The third-order valence-electron chi connectivity index (χ3n) is 6.20. The Morgan fingerprint density at radius 1 is 0.971 bits per heavy atom. The number of fused-ring (bicyclic) bond motifs is 2. The average molecular weight is 534 g/mol. The molecule has 0 spiro atoms. The Morgan fingerprint density at radius 2 is 1.77 bits per heavy atom. The molecule has 4 aromatic rings. The lowest BCUT2D eigenvalue weighted by molar-refractivity contribution is 0.0987. The number of hydrogen-bond acceptors (Lipinski definition) is 5. The zero-order valence-electron chi connectivity index (χ0n) is 19.6. The molecule has 0 aromatic heterocycles. The van der Waals surface area contributed by atoms with Crippen LogP contribution in [0.5, 0.6) is 23.0 Å². The first kappa shape index (κ1) is 23.1. The van der Waals surface area contributed by atoms with Crippen LogP contribution in [0, 0.1) is 0 Å². The van der Waals surface area contributed by atoms with Crippen molar-refractivity contribution in [1.82, 2.24) is 0 Å². The Labute approximate surface area is 212 Å². The molecule has 0 aliphatic carbocycles. The third kappa shape index (κ3) is 4.06. The highest BCUT2D eigenvalue weighted by atomic mass is 79.9. The van der Waals surface area contributed by atoms with Crippen molar-refractivity contribution in [1.29, 1.82) is 0 Å².